The van der Waals surface area contributed by atoms with Crippen LogP contribution >= 0.6 is 46.4 Å². The number of nitrogens with zero attached hydrogens (tertiary/aromatic N) is 1. The molecule has 0 saturated carbocycles. The first-order valence-corrected chi connectivity index (χ1v) is 19.1. The van der Waals surface area contributed by atoms with E-state index in [1.54, 1.807) is 36.4 Å². The Morgan fingerprint density at radius 1 is 0.843 bits per heavy atom. The molecule has 0 bridgehead atoms. The van der Waals surface area contributed by atoms with E-state index < -0.39 is 11.7 Å². The Labute approximate surface area is 320 Å². The third-order valence-electron chi connectivity index (χ3n) is 8.60. The van der Waals surface area contributed by atoms with Crippen LogP contribution in [0.15, 0.2) is 59.4 Å². The molecule has 3 aromatic carbocycles. The van der Waals surface area contributed by atoms with Crippen molar-refractivity contribution >= 4 is 69.5 Å². The molecule has 51 heavy (non-hydrogen) atoms. The van der Waals surface area contributed by atoms with Crippen LogP contribution in [-0.2, 0) is 10.2 Å². The highest BCUT2D eigenvalue weighted by Crippen LogP contribution is 2.35. The number of halogens is 4. The first-order chi connectivity index (χ1) is 24.3. The van der Waals surface area contributed by atoms with Crippen molar-refractivity contribution < 1.29 is 14.6 Å². The van der Waals surface area contributed by atoms with Crippen LogP contribution in [0.5, 0.6) is 11.5 Å². The summed E-state index contributed by atoms with van der Waals surface area (Å²) >= 11 is 25.3. The number of carbonyl (C=O) groups excluding carboxylic acids is 1. The number of rotatable bonds is 18. The predicted molar refractivity (Wildman–Crippen MR) is 212 cm³/mol. The maximum absolute atomic E-state index is 13.8. The number of aromatic nitrogens is 2. The summed E-state index contributed by atoms with van der Waals surface area (Å²) in [7, 11) is 0. The minimum absolute atomic E-state index is 0.183. The van der Waals surface area contributed by atoms with Gasteiger partial charge in [-0.2, -0.15) is 0 Å². The molecule has 0 aliphatic carbocycles. The molecule has 4 N–H and O–H groups in total. The molecule has 0 radical (unpaired) electrons. The molecule has 1 aromatic heterocycles. The number of carbonyl (C=O) groups is 1. The van der Waals surface area contributed by atoms with Crippen LogP contribution in [0.2, 0.25) is 20.1 Å². The van der Waals surface area contributed by atoms with Crippen LogP contribution in [0.3, 0.4) is 0 Å². The quantitative estimate of drug-likeness (QED) is 0.0752. The zero-order valence-corrected chi connectivity index (χ0v) is 32.7. The van der Waals surface area contributed by atoms with Crippen molar-refractivity contribution in [3.63, 3.8) is 0 Å². The van der Waals surface area contributed by atoms with E-state index in [1.807, 2.05) is 20.8 Å². The monoisotopic (exact) mass is 776 g/mol. The zero-order chi connectivity index (χ0) is 37.1. The molecule has 8 nitrogen and oxygen atoms in total. The van der Waals surface area contributed by atoms with E-state index in [2.05, 4.69) is 22.7 Å². The number of nitrogens with one attached hydrogen (secondary N) is 3. The molecule has 12 heteroatoms. The van der Waals surface area contributed by atoms with Gasteiger partial charge < -0.3 is 20.5 Å². The molecular weight excluding hydrogens is 730 g/mol. The maximum atomic E-state index is 13.8. The summed E-state index contributed by atoms with van der Waals surface area (Å²) in [6.07, 6.45) is 11.6. The van der Waals surface area contributed by atoms with Gasteiger partial charge in [-0.1, -0.05) is 132 Å². The molecule has 1 heterocycles. The Bertz CT molecular complexity index is 1810. The van der Waals surface area contributed by atoms with E-state index in [0.717, 1.165) is 24.8 Å². The largest absolute Gasteiger partial charge is 0.508 e. The van der Waals surface area contributed by atoms with E-state index in [1.165, 1.54) is 67.8 Å². The number of H-pyrrole nitrogens is 1. The van der Waals surface area contributed by atoms with Gasteiger partial charge in [-0.05, 0) is 66.8 Å². The average molecular weight is 779 g/mol. The van der Waals surface area contributed by atoms with Crippen LogP contribution in [-0.4, -0.2) is 26.9 Å². The van der Waals surface area contributed by atoms with Gasteiger partial charge in [-0.3, -0.25) is 14.7 Å². The number of unbranched alkanes of at least 4 members (excludes halogenated alkanes) is 9. The van der Waals surface area contributed by atoms with Gasteiger partial charge in [0.25, 0.3) is 11.5 Å². The third kappa shape index (κ3) is 11.9. The number of amides is 1. The molecule has 0 aliphatic heterocycles. The highest BCUT2D eigenvalue weighted by atomic mass is 35.5. The Kier molecular flexibility index (Phi) is 15.1. The first-order valence-electron chi connectivity index (χ1n) is 17.6. The lowest BCUT2D eigenvalue weighted by molar-refractivity contribution is -0.123. The second-order valence-electron chi connectivity index (χ2n) is 13.9. The van der Waals surface area contributed by atoms with Crippen molar-refractivity contribution in [2.24, 2.45) is 0 Å². The molecule has 0 fully saturated rings. The van der Waals surface area contributed by atoms with Crippen molar-refractivity contribution in [1.82, 2.24) is 9.78 Å². The van der Waals surface area contributed by atoms with Crippen molar-refractivity contribution in [1.29, 1.82) is 0 Å². The first kappa shape index (κ1) is 40.5. The second kappa shape index (κ2) is 19.0. The number of aromatic amines is 1. The third-order valence-corrected chi connectivity index (χ3v) is 9.72. The molecule has 0 aliphatic rings. The smallest absolute Gasteiger partial charge is 0.273 e. The number of anilines is 3. The maximum Gasteiger partial charge on any atom is 0.273 e. The summed E-state index contributed by atoms with van der Waals surface area (Å²) in [5.41, 5.74) is 1.18. The van der Waals surface area contributed by atoms with Crippen LogP contribution in [0, 0.1) is 0 Å². The number of benzene rings is 3. The van der Waals surface area contributed by atoms with Gasteiger partial charge in [0.1, 0.15) is 23.0 Å². The molecule has 1 unspecified atom stereocenters. The summed E-state index contributed by atoms with van der Waals surface area (Å²) in [5, 5.41) is 20.6. The van der Waals surface area contributed by atoms with Gasteiger partial charge in [-0.15, -0.1) is 0 Å². The SMILES string of the molecule is CCCCCCCCCCCCC(Oc1ccc(O)c(C(C)(C)C)c1)C(=O)Nc1ccc(Cl)c(Nc2cc(=O)n(-c3c(Cl)cc(Cl)cc3Cl)[nH]2)c1. The Hall–Kier alpha value is -3.30. The summed E-state index contributed by atoms with van der Waals surface area (Å²) in [6.45, 7) is 8.27. The molecule has 4 aromatic rings. The van der Waals surface area contributed by atoms with Crippen molar-refractivity contribution in [3.8, 4) is 17.2 Å². The van der Waals surface area contributed by atoms with Gasteiger partial charge in [0.2, 0.25) is 0 Å². The number of ether oxygens (including phenoxy) is 1. The zero-order valence-electron chi connectivity index (χ0n) is 29.7. The Balaban J connectivity index is 1.47. The summed E-state index contributed by atoms with van der Waals surface area (Å²) in [6, 6.07) is 14.4. The number of phenols is 1. The van der Waals surface area contributed by atoms with Gasteiger partial charge in [0.05, 0.1) is 20.8 Å². The standard InChI is InChI=1S/C39H48Cl4N4O4/c1-5-6-7-8-9-10-11-12-13-14-15-34(51-27-17-19-33(48)28(23-27)39(2,3)4)38(50)44-26-16-18-29(41)32(22-26)45-35-24-36(49)47(46-35)37-30(42)20-25(40)21-31(37)43/h16-24,34,45-46,48H,5-15H2,1-4H3,(H,44,50). The highest BCUT2D eigenvalue weighted by Gasteiger charge is 2.24. The van der Waals surface area contributed by atoms with Crippen molar-refractivity contribution in [3.05, 3.63) is 90.6 Å². The normalized spacial score (nSPS) is 12.2. The summed E-state index contributed by atoms with van der Waals surface area (Å²) in [5.74, 6) is 0.702. The topological polar surface area (TPSA) is 108 Å². The van der Waals surface area contributed by atoms with Crippen LogP contribution in [0.25, 0.3) is 5.69 Å². The van der Waals surface area contributed by atoms with Gasteiger partial charge in [-0.25, -0.2) is 4.68 Å². The lowest BCUT2D eigenvalue weighted by atomic mass is 9.86. The number of phenolic OH excluding ortho intramolecular Hbond substituents is 1. The molecule has 0 spiro atoms. The predicted octanol–water partition coefficient (Wildman–Crippen LogP) is 12.2. The fraction of sp³-hybridized carbons (Fsp3) is 0.436. The van der Waals surface area contributed by atoms with Gasteiger partial charge >= 0.3 is 0 Å². The lowest BCUT2D eigenvalue weighted by Crippen LogP contribution is -2.33. The fourth-order valence-electron chi connectivity index (χ4n) is 5.85. The van der Waals surface area contributed by atoms with E-state index in [4.69, 9.17) is 51.1 Å². The molecule has 4 rings (SSSR count). The molecule has 0 saturated heterocycles. The Morgan fingerprint density at radius 3 is 2.10 bits per heavy atom. The van der Waals surface area contributed by atoms with Gasteiger partial charge in [0, 0.05) is 22.3 Å². The molecular formula is C39H48Cl4N4O4. The average Bonchev–Trinajstić information content (AvgIpc) is 3.41. The van der Waals surface area contributed by atoms with Crippen LogP contribution < -0.4 is 20.9 Å². The number of hydrogen-bond donors (Lipinski definition) is 4. The van der Waals surface area contributed by atoms with E-state index in [9.17, 15) is 14.7 Å². The minimum Gasteiger partial charge on any atom is -0.508 e. The highest BCUT2D eigenvalue weighted by molar-refractivity contribution is 6.40. The van der Waals surface area contributed by atoms with Crippen molar-refractivity contribution in [2.45, 2.75) is 110 Å². The van der Waals surface area contributed by atoms with Crippen LogP contribution in [0.1, 0.15) is 104 Å². The van der Waals surface area contributed by atoms with Gasteiger partial charge in [0.15, 0.2) is 6.10 Å². The van der Waals surface area contributed by atoms with E-state index >= 15 is 0 Å². The molecule has 1 atom stereocenters. The Morgan fingerprint density at radius 2 is 1.47 bits per heavy atom. The molecule has 1 amide bonds. The van der Waals surface area contributed by atoms with Crippen molar-refractivity contribution in [2.75, 3.05) is 10.6 Å². The van der Waals surface area contributed by atoms with E-state index in [0.29, 0.717) is 39.4 Å². The minimum atomic E-state index is -0.775. The summed E-state index contributed by atoms with van der Waals surface area (Å²) in [4.78, 5) is 26.6. The number of aromatic hydroxyl groups is 1. The lowest BCUT2D eigenvalue weighted by Gasteiger charge is -2.23. The fourth-order valence-corrected chi connectivity index (χ4v) is 7.01. The van der Waals surface area contributed by atoms with E-state index in [-0.39, 0.29) is 32.8 Å². The van der Waals surface area contributed by atoms with Crippen LogP contribution in [0.4, 0.5) is 17.2 Å². The second-order valence-corrected chi connectivity index (χ2v) is 15.5. The summed E-state index contributed by atoms with van der Waals surface area (Å²) < 4.78 is 7.52. The molecule has 276 valence electrons. The number of hydrogen-bond acceptors (Lipinski definition) is 5.